The molecule has 0 aromatic heterocycles. The van der Waals surface area contributed by atoms with Crippen molar-refractivity contribution < 1.29 is 19.8 Å². The molecule has 0 spiro atoms. The lowest BCUT2D eigenvalue weighted by molar-refractivity contribution is -0.142. The molecule has 0 aliphatic carbocycles. The second-order valence-corrected chi connectivity index (χ2v) is 5.42. The number of carboxylic acids is 1. The SMILES string of the molecule is O=C(O)C1CCCCCCN1C(=O)N1CCC(O)C1. The molecule has 108 valence electrons. The molecule has 19 heavy (non-hydrogen) atoms. The molecular formula is C13H22N2O4. The fourth-order valence-electron chi connectivity index (χ4n) is 2.87. The van der Waals surface area contributed by atoms with E-state index in [1.807, 2.05) is 0 Å². The lowest BCUT2D eigenvalue weighted by Gasteiger charge is -2.34. The van der Waals surface area contributed by atoms with Crippen LogP contribution in [0.15, 0.2) is 0 Å². The number of aliphatic carboxylic acids is 1. The van der Waals surface area contributed by atoms with Gasteiger partial charge in [0.05, 0.1) is 6.10 Å². The van der Waals surface area contributed by atoms with Crippen LogP contribution in [0.4, 0.5) is 4.79 Å². The summed E-state index contributed by atoms with van der Waals surface area (Å²) in [7, 11) is 0. The molecule has 0 aromatic carbocycles. The van der Waals surface area contributed by atoms with E-state index in [2.05, 4.69) is 0 Å². The van der Waals surface area contributed by atoms with Crippen LogP contribution in [-0.2, 0) is 4.79 Å². The molecule has 2 heterocycles. The molecule has 2 atom stereocenters. The number of likely N-dealkylation sites (tertiary alicyclic amines) is 2. The summed E-state index contributed by atoms with van der Waals surface area (Å²) in [5.74, 6) is -0.921. The molecule has 0 saturated carbocycles. The van der Waals surface area contributed by atoms with E-state index < -0.39 is 18.1 Å². The standard InChI is InChI=1S/C13H22N2O4/c16-10-6-8-14(9-10)13(19)15-7-4-2-1-3-5-11(15)12(17)18/h10-11,16H,1-9H2,(H,17,18). The van der Waals surface area contributed by atoms with Gasteiger partial charge in [0, 0.05) is 19.6 Å². The van der Waals surface area contributed by atoms with Gasteiger partial charge in [0.1, 0.15) is 6.04 Å². The van der Waals surface area contributed by atoms with E-state index in [0.717, 1.165) is 25.7 Å². The van der Waals surface area contributed by atoms with Gasteiger partial charge >= 0.3 is 12.0 Å². The summed E-state index contributed by atoms with van der Waals surface area (Å²) >= 11 is 0. The predicted molar refractivity (Wildman–Crippen MR) is 68.8 cm³/mol. The number of urea groups is 1. The van der Waals surface area contributed by atoms with Gasteiger partial charge in [-0.1, -0.05) is 19.3 Å². The Morgan fingerprint density at radius 2 is 1.74 bits per heavy atom. The van der Waals surface area contributed by atoms with Crippen LogP contribution in [0.1, 0.15) is 38.5 Å². The van der Waals surface area contributed by atoms with Crippen LogP contribution in [0.25, 0.3) is 0 Å². The van der Waals surface area contributed by atoms with Gasteiger partial charge < -0.3 is 20.0 Å². The van der Waals surface area contributed by atoms with Crippen molar-refractivity contribution in [1.29, 1.82) is 0 Å². The molecule has 0 radical (unpaired) electrons. The number of β-amino-alcohol motifs (C(OH)–C–C–N with tert-alkyl or cyclic N) is 1. The summed E-state index contributed by atoms with van der Waals surface area (Å²) in [6.45, 7) is 1.34. The van der Waals surface area contributed by atoms with Crippen LogP contribution in [-0.4, -0.2) is 63.8 Å². The Bertz CT molecular complexity index is 348. The number of hydrogen-bond donors (Lipinski definition) is 2. The average molecular weight is 270 g/mol. The Hall–Kier alpha value is -1.30. The summed E-state index contributed by atoms with van der Waals surface area (Å²) in [5, 5.41) is 18.8. The minimum atomic E-state index is -0.921. The molecule has 2 N–H and O–H groups in total. The van der Waals surface area contributed by atoms with E-state index in [-0.39, 0.29) is 6.03 Å². The second kappa shape index (κ2) is 6.23. The number of hydrogen-bond acceptors (Lipinski definition) is 3. The highest BCUT2D eigenvalue weighted by atomic mass is 16.4. The van der Waals surface area contributed by atoms with E-state index >= 15 is 0 Å². The Balaban J connectivity index is 2.07. The normalized spacial score (nSPS) is 28.9. The van der Waals surface area contributed by atoms with Gasteiger partial charge in [-0.3, -0.25) is 0 Å². The lowest BCUT2D eigenvalue weighted by atomic mass is 10.0. The van der Waals surface area contributed by atoms with Gasteiger partial charge in [-0.2, -0.15) is 0 Å². The van der Waals surface area contributed by atoms with Crippen molar-refractivity contribution in [3.05, 3.63) is 0 Å². The zero-order valence-electron chi connectivity index (χ0n) is 11.1. The number of carbonyl (C=O) groups excluding carboxylic acids is 1. The molecule has 0 aromatic rings. The highest BCUT2D eigenvalue weighted by Gasteiger charge is 2.35. The maximum absolute atomic E-state index is 12.4. The molecule has 2 unspecified atom stereocenters. The van der Waals surface area contributed by atoms with Gasteiger partial charge in [0.15, 0.2) is 0 Å². The van der Waals surface area contributed by atoms with Crippen molar-refractivity contribution in [2.24, 2.45) is 0 Å². The first-order valence-corrected chi connectivity index (χ1v) is 7.06. The fourth-order valence-corrected chi connectivity index (χ4v) is 2.87. The Morgan fingerprint density at radius 1 is 1.00 bits per heavy atom. The molecule has 2 saturated heterocycles. The first-order chi connectivity index (χ1) is 9.09. The lowest BCUT2D eigenvalue weighted by Crippen LogP contribution is -2.51. The molecular weight excluding hydrogens is 248 g/mol. The molecule has 2 rings (SSSR count). The number of carboxylic acid groups (broad SMARTS) is 1. The maximum Gasteiger partial charge on any atom is 0.326 e. The number of carbonyl (C=O) groups is 2. The highest BCUT2D eigenvalue weighted by Crippen LogP contribution is 2.20. The molecule has 2 amide bonds. The molecule has 0 bridgehead atoms. The number of aliphatic hydroxyl groups excluding tert-OH is 1. The zero-order valence-corrected chi connectivity index (χ0v) is 11.1. The van der Waals surface area contributed by atoms with Crippen LogP contribution < -0.4 is 0 Å². The van der Waals surface area contributed by atoms with Crippen LogP contribution in [0.3, 0.4) is 0 Å². The predicted octanol–water partition coefficient (Wildman–Crippen LogP) is 0.892. The quantitative estimate of drug-likeness (QED) is 0.741. The molecule has 6 nitrogen and oxygen atoms in total. The summed E-state index contributed by atoms with van der Waals surface area (Å²) in [6, 6.07) is -0.948. The third-order valence-electron chi connectivity index (χ3n) is 3.97. The van der Waals surface area contributed by atoms with Crippen molar-refractivity contribution in [1.82, 2.24) is 9.80 Å². The summed E-state index contributed by atoms with van der Waals surface area (Å²) < 4.78 is 0. The van der Waals surface area contributed by atoms with Crippen molar-refractivity contribution in [2.75, 3.05) is 19.6 Å². The summed E-state index contributed by atoms with van der Waals surface area (Å²) in [4.78, 5) is 26.8. The van der Waals surface area contributed by atoms with Crippen LogP contribution in [0.5, 0.6) is 0 Å². The molecule has 2 fully saturated rings. The first kappa shape index (κ1) is 14.1. The topological polar surface area (TPSA) is 81.1 Å². The van der Waals surface area contributed by atoms with Crippen LogP contribution >= 0.6 is 0 Å². The highest BCUT2D eigenvalue weighted by molar-refractivity contribution is 5.83. The Kier molecular flexibility index (Phi) is 4.63. The molecule has 2 aliphatic heterocycles. The fraction of sp³-hybridized carbons (Fsp3) is 0.846. The molecule has 6 heteroatoms. The van der Waals surface area contributed by atoms with Crippen molar-refractivity contribution in [3.63, 3.8) is 0 Å². The monoisotopic (exact) mass is 270 g/mol. The van der Waals surface area contributed by atoms with Gasteiger partial charge in [0.2, 0.25) is 0 Å². The van der Waals surface area contributed by atoms with Crippen molar-refractivity contribution in [3.8, 4) is 0 Å². The van der Waals surface area contributed by atoms with Crippen LogP contribution in [0, 0.1) is 0 Å². The van der Waals surface area contributed by atoms with E-state index in [0.29, 0.717) is 32.5 Å². The summed E-state index contributed by atoms with van der Waals surface area (Å²) in [5.41, 5.74) is 0. The zero-order chi connectivity index (χ0) is 13.8. The van der Waals surface area contributed by atoms with E-state index in [4.69, 9.17) is 0 Å². The third-order valence-corrected chi connectivity index (χ3v) is 3.97. The van der Waals surface area contributed by atoms with Crippen LogP contribution in [0.2, 0.25) is 0 Å². The first-order valence-electron chi connectivity index (χ1n) is 7.06. The summed E-state index contributed by atoms with van der Waals surface area (Å²) in [6.07, 6.45) is 4.42. The minimum absolute atomic E-state index is 0.231. The molecule has 2 aliphatic rings. The van der Waals surface area contributed by atoms with Crippen molar-refractivity contribution >= 4 is 12.0 Å². The van der Waals surface area contributed by atoms with E-state index in [1.54, 1.807) is 4.90 Å². The number of rotatable bonds is 1. The average Bonchev–Trinajstić information content (AvgIpc) is 2.74. The minimum Gasteiger partial charge on any atom is -0.480 e. The van der Waals surface area contributed by atoms with Gasteiger partial charge in [-0.15, -0.1) is 0 Å². The Labute approximate surface area is 113 Å². The van der Waals surface area contributed by atoms with Gasteiger partial charge in [-0.25, -0.2) is 9.59 Å². The maximum atomic E-state index is 12.4. The smallest absolute Gasteiger partial charge is 0.326 e. The Morgan fingerprint density at radius 3 is 2.37 bits per heavy atom. The number of aliphatic hydroxyl groups is 1. The largest absolute Gasteiger partial charge is 0.480 e. The number of nitrogens with zero attached hydrogens (tertiary/aromatic N) is 2. The van der Waals surface area contributed by atoms with Crippen molar-refractivity contribution in [2.45, 2.75) is 50.7 Å². The third kappa shape index (κ3) is 3.37. The van der Waals surface area contributed by atoms with E-state index in [1.165, 1.54) is 4.90 Å². The van der Waals surface area contributed by atoms with Gasteiger partial charge in [-0.05, 0) is 19.3 Å². The van der Waals surface area contributed by atoms with Gasteiger partial charge in [0.25, 0.3) is 0 Å². The second-order valence-electron chi connectivity index (χ2n) is 5.42. The van der Waals surface area contributed by atoms with E-state index in [9.17, 15) is 19.8 Å². The number of amides is 2.